The maximum Gasteiger partial charge on any atom is 0.225 e. The van der Waals surface area contributed by atoms with E-state index >= 15 is 0 Å². The molecule has 7 nitrogen and oxygen atoms in total. The summed E-state index contributed by atoms with van der Waals surface area (Å²) in [7, 11) is -3.12. The van der Waals surface area contributed by atoms with Crippen LogP contribution in [0.2, 0.25) is 0 Å². The molecule has 1 aliphatic rings. The number of hydrogen-bond acceptors (Lipinski definition) is 6. The number of rotatable bonds is 3. The first-order valence-electron chi connectivity index (χ1n) is 6.97. The summed E-state index contributed by atoms with van der Waals surface area (Å²) in [6, 6.07) is 5.68. The molecule has 0 atom stereocenters. The number of piperazine rings is 1. The molecular weight excluding hydrogens is 302 g/mol. The summed E-state index contributed by atoms with van der Waals surface area (Å²) in [6.07, 6.45) is 6.45. The van der Waals surface area contributed by atoms with Crippen molar-refractivity contribution >= 4 is 16.0 Å². The minimum atomic E-state index is -3.12. The molecule has 0 radical (unpaired) electrons. The highest BCUT2D eigenvalue weighted by Gasteiger charge is 2.24. The summed E-state index contributed by atoms with van der Waals surface area (Å²) < 4.78 is 24.5. The normalized spacial score (nSPS) is 16.7. The highest BCUT2D eigenvalue weighted by atomic mass is 32.2. The Labute approximate surface area is 129 Å². The van der Waals surface area contributed by atoms with Crippen LogP contribution in [-0.2, 0) is 10.0 Å². The summed E-state index contributed by atoms with van der Waals surface area (Å²) >= 11 is 0. The Kier molecular flexibility index (Phi) is 4.04. The summed E-state index contributed by atoms with van der Waals surface area (Å²) in [5.41, 5.74) is 1.69. The largest absolute Gasteiger partial charge is 0.338 e. The Bertz CT molecular complexity index is 726. The first kappa shape index (κ1) is 14.9. The molecule has 0 bridgehead atoms. The predicted molar refractivity (Wildman–Crippen MR) is 83.9 cm³/mol. The van der Waals surface area contributed by atoms with Gasteiger partial charge in [-0.2, -0.15) is 4.31 Å². The van der Waals surface area contributed by atoms with Gasteiger partial charge in [-0.05, 0) is 12.1 Å². The third kappa shape index (κ3) is 3.23. The lowest BCUT2D eigenvalue weighted by atomic mass is 10.2. The summed E-state index contributed by atoms with van der Waals surface area (Å²) in [6.45, 7) is 2.11. The molecule has 2 aromatic heterocycles. The molecule has 1 fully saturated rings. The van der Waals surface area contributed by atoms with E-state index in [9.17, 15) is 8.42 Å². The number of nitrogens with zero attached hydrogens (tertiary/aromatic N) is 5. The number of aromatic nitrogens is 3. The van der Waals surface area contributed by atoms with Crippen LogP contribution in [0, 0.1) is 0 Å². The molecular formula is C14H17N5O2S. The molecule has 116 valence electrons. The molecule has 1 saturated heterocycles. The van der Waals surface area contributed by atoms with Gasteiger partial charge >= 0.3 is 0 Å². The van der Waals surface area contributed by atoms with Crippen LogP contribution in [0.5, 0.6) is 0 Å². The van der Waals surface area contributed by atoms with E-state index in [2.05, 4.69) is 15.0 Å². The topological polar surface area (TPSA) is 79.3 Å². The van der Waals surface area contributed by atoms with Gasteiger partial charge in [0.15, 0.2) is 0 Å². The van der Waals surface area contributed by atoms with E-state index in [1.54, 1.807) is 18.6 Å². The third-order valence-corrected chi connectivity index (χ3v) is 4.89. The van der Waals surface area contributed by atoms with Crippen molar-refractivity contribution in [3.8, 4) is 11.3 Å². The van der Waals surface area contributed by atoms with Crippen LogP contribution in [0.15, 0.2) is 36.8 Å². The van der Waals surface area contributed by atoms with Crippen LogP contribution in [0.1, 0.15) is 0 Å². The fraction of sp³-hybridized carbons (Fsp3) is 0.357. The van der Waals surface area contributed by atoms with E-state index in [4.69, 9.17) is 0 Å². The van der Waals surface area contributed by atoms with Gasteiger partial charge in [0.05, 0.1) is 11.9 Å². The van der Waals surface area contributed by atoms with Crippen molar-refractivity contribution in [2.45, 2.75) is 0 Å². The van der Waals surface area contributed by atoms with Crippen molar-refractivity contribution in [2.75, 3.05) is 37.3 Å². The minimum absolute atomic E-state index is 0.462. The van der Waals surface area contributed by atoms with Crippen molar-refractivity contribution in [1.29, 1.82) is 0 Å². The van der Waals surface area contributed by atoms with Gasteiger partial charge in [-0.15, -0.1) is 0 Å². The number of pyridine rings is 1. The Hall–Kier alpha value is -2.06. The molecule has 8 heteroatoms. The average molecular weight is 319 g/mol. The van der Waals surface area contributed by atoms with Crippen molar-refractivity contribution in [2.24, 2.45) is 0 Å². The van der Waals surface area contributed by atoms with Gasteiger partial charge in [-0.1, -0.05) is 6.07 Å². The maximum atomic E-state index is 11.5. The summed E-state index contributed by atoms with van der Waals surface area (Å²) in [4.78, 5) is 15.0. The Morgan fingerprint density at radius 2 is 1.68 bits per heavy atom. The zero-order valence-electron chi connectivity index (χ0n) is 12.3. The number of anilines is 1. The van der Waals surface area contributed by atoms with Gasteiger partial charge in [-0.25, -0.2) is 18.4 Å². The number of sulfonamides is 1. The molecule has 0 aliphatic carbocycles. The van der Waals surface area contributed by atoms with E-state index in [1.165, 1.54) is 10.6 Å². The molecule has 3 heterocycles. The predicted octanol–water partition coefficient (Wildman–Crippen LogP) is 0.620. The zero-order chi connectivity index (χ0) is 15.6. The smallest absolute Gasteiger partial charge is 0.225 e. The second-order valence-electron chi connectivity index (χ2n) is 5.14. The van der Waals surface area contributed by atoms with Gasteiger partial charge in [-0.3, -0.25) is 4.98 Å². The second kappa shape index (κ2) is 5.98. The first-order valence-corrected chi connectivity index (χ1v) is 8.82. The fourth-order valence-electron chi connectivity index (χ4n) is 2.37. The molecule has 0 aromatic carbocycles. The second-order valence-corrected chi connectivity index (χ2v) is 7.12. The Morgan fingerprint density at radius 1 is 1.00 bits per heavy atom. The summed E-state index contributed by atoms with van der Waals surface area (Å²) in [5.74, 6) is 0.618. The minimum Gasteiger partial charge on any atom is -0.338 e. The van der Waals surface area contributed by atoms with Crippen LogP contribution < -0.4 is 4.90 Å². The maximum absolute atomic E-state index is 11.5. The molecule has 2 aromatic rings. The Balaban J connectivity index is 1.70. The van der Waals surface area contributed by atoms with Crippen molar-refractivity contribution in [3.05, 3.63) is 36.8 Å². The lowest BCUT2D eigenvalue weighted by Gasteiger charge is -2.33. The van der Waals surface area contributed by atoms with E-state index in [0.29, 0.717) is 32.1 Å². The zero-order valence-corrected chi connectivity index (χ0v) is 13.1. The van der Waals surface area contributed by atoms with E-state index in [1.807, 2.05) is 23.1 Å². The third-order valence-electron chi connectivity index (χ3n) is 3.59. The van der Waals surface area contributed by atoms with Gasteiger partial charge < -0.3 is 4.90 Å². The number of hydrogen-bond donors (Lipinski definition) is 0. The highest BCUT2D eigenvalue weighted by molar-refractivity contribution is 7.88. The van der Waals surface area contributed by atoms with Crippen LogP contribution in [0.3, 0.4) is 0 Å². The van der Waals surface area contributed by atoms with Gasteiger partial charge in [0.25, 0.3) is 0 Å². The quantitative estimate of drug-likeness (QED) is 0.825. The molecule has 22 heavy (non-hydrogen) atoms. The van der Waals surface area contributed by atoms with E-state index < -0.39 is 10.0 Å². The van der Waals surface area contributed by atoms with Crippen molar-refractivity contribution < 1.29 is 8.42 Å². The van der Waals surface area contributed by atoms with Gasteiger partial charge in [0, 0.05) is 50.3 Å². The van der Waals surface area contributed by atoms with E-state index in [0.717, 1.165) is 11.3 Å². The monoisotopic (exact) mass is 319 g/mol. The van der Waals surface area contributed by atoms with E-state index in [-0.39, 0.29) is 0 Å². The van der Waals surface area contributed by atoms with Crippen LogP contribution in [-0.4, -0.2) is 60.1 Å². The Morgan fingerprint density at radius 3 is 2.23 bits per heavy atom. The lowest BCUT2D eigenvalue weighted by Crippen LogP contribution is -2.48. The molecule has 0 unspecified atom stereocenters. The van der Waals surface area contributed by atoms with Crippen LogP contribution in [0.25, 0.3) is 11.3 Å². The molecule has 0 N–H and O–H groups in total. The van der Waals surface area contributed by atoms with Gasteiger partial charge in [0.1, 0.15) is 0 Å². The lowest BCUT2D eigenvalue weighted by molar-refractivity contribution is 0.385. The molecule has 3 rings (SSSR count). The highest BCUT2D eigenvalue weighted by Crippen LogP contribution is 2.17. The molecule has 0 amide bonds. The van der Waals surface area contributed by atoms with Crippen molar-refractivity contribution in [3.63, 3.8) is 0 Å². The van der Waals surface area contributed by atoms with Crippen LogP contribution >= 0.6 is 0 Å². The fourth-order valence-corrected chi connectivity index (χ4v) is 3.20. The van der Waals surface area contributed by atoms with Gasteiger partial charge in [0.2, 0.25) is 16.0 Å². The average Bonchev–Trinajstić information content (AvgIpc) is 2.55. The standard InChI is InChI=1S/C14H17N5O2S/c1-22(20,21)19-8-6-18(7-9-19)14-16-10-12(11-17-14)13-4-2-3-5-15-13/h2-5,10-11H,6-9H2,1H3. The first-order chi connectivity index (χ1) is 10.5. The summed E-state index contributed by atoms with van der Waals surface area (Å²) in [5, 5.41) is 0. The molecule has 0 saturated carbocycles. The van der Waals surface area contributed by atoms with Crippen molar-refractivity contribution in [1.82, 2.24) is 19.3 Å². The molecule has 1 aliphatic heterocycles. The SMILES string of the molecule is CS(=O)(=O)N1CCN(c2ncc(-c3ccccn3)cn2)CC1. The molecule has 0 spiro atoms. The van der Waals surface area contributed by atoms with Crippen LogP contribution in [0.4, 0.5) is 5.95 Å².